The fraction of sp³-hybridized carbons (Fsp3) is 0.136. The Bertz CT molecular complexity index is 3210. The minimum absolute atomic E-state index is 0. The standard InChI is InChI=1S/C44H30N8.Ni/c1-43(2)41-50-37-31-22-19-24-12-6-9-15-27(24)33(31)39(48-37)49-38-32-26-14-8-5-11-23(26)17-20-29(32)35(46-38)45-36-30-21-18-25-13-7-10-16-28(25)34(30)40(47-36)51-42(52-41)44(43,3)4;/h5-22H,1-4H3;/q-2;+2. The number of fused-ring (bicyclic) bond motifs is 23. The van der Waals surface area contributed by atoms with E-state index in [9.17, 15) is 0 Å². The average Bonchev–Trinajstić information content (AvgIpc) is 3.85. The smallest absolute Gasteiger partial charge is 0.357 e. The molecule has 5 heterocycles. The van der Waals surface area contributed by atoms with Crippen molar-refractivity contribution in [1.29, 1.82) is 0 Å². The molecule has 0 N–H and O–H groups in total. The summed E-state index contributed by atoms with van der Waals surface area (Å²) in [4.78, 5) is 41.8. The first-order valence-corrected chi connectivity index (χ1v) is 17.5. The molecule has 2 aliphatic rings. The van der Waals surface area contributed by atoms with Gasteiger partial charge in [-0.15, -0.1) is 0 Å². The molecule has 0 unspecified atom stereocenters. The van der Waals surface area contributed by atoms with Gasteiger partial charge < -0.3 is 29.9 Å². The molecule has 2 aliphatic heterocycles. The van der Waals surface area contributed by atoms with E-state index in [2.05, 4.69) is 119 Å². The van der Waals surface area contributed by atoms with E-state index in [0.29, 0.717) is 45.9 Å². The van der Waals surface area contributed by atoms with Crippen molar-refractivity contribution in [2.24, 2.45) is 0 Å². The maximum Gasteiger partial charge on any atom is 2.00 e. The van der Waals surface area contributed by atoms with Gasteiger partial charge in [-0.25, -0.2) is 4.98 Å². The van der Waals surface area contributed by atoms with Crippen molar-refractivity contribution in [3.63, 3.8) is 0 Å². The molecule has 0 aliphatic carbocycles. The Labute approximate surface area is 313 Å². The van der Waals surface area contributed by atoms with Crippen LogP contribution >= 0.6 is 0 Å². The fourth-order valence-electron chi connectivity index (χ4n) is 7.91. The van der Waals surface area contributed by atoms with Crippen molar-refractivity contribution < 1.29 is 16.5 Å². The van der Waals surface area contributed by atoms with E-state index in [1.54, 1.807) is 0 Å². The van der Waals surface area contributed by atoms with Crippen LogP contribution in [0.1, 0.15) is 39.3 Å². The van der Waals surface area contributed by atoms with Crippen LogP contribution in [-0.2, 0) is 27.3 Å². The molecule has 0 amide bonds. The van der Waals surface area contributed by atoms with Crippen LogP contribution in [0.25, 0.3) is 99.2 Å². The Balaban J connectivity index is 0.00000349. The molecule has 6 aromatic carbocycles. The van der Waals surface area contributed by atoms with E-state index >= 15 is 0 Å². The Morgan fingerprint density at radius 2 is 0.849 bits per heavy atom. The van der Waals surface area contributed by atoms with E-state index in [0.717, 1.165) is 65.0 Å². The van der Waals surface area contributed by atoms with Crippen molar-refractivity contribution in [2.45, 2.75) is 38.5 Å². The number of rotatable bonds is 0. The molecule has 9 aromatic rings. The van der Waals surface area contributed by atoms with Crippen molar-refractivity contribution in [2.75, 3.05) is 0 Å². The number of aromatic nitrogens is 8. The van der Waals surface area contributed by atoms with Crippen LogP contribution in [0.15, 0.2) is 109 Å². The predicted octanol–water partition coefficient (Wildman–Crippen LogP) is 9.51. The average molecular weight is 729 g/mol. The first-order valence-electron chi connectivity index (χ1n) is 17.5. The SMILES string of the molecule is CC1(C)c2nc(nc3[n-]c(nc4nc(nc5[n-]c(n2)c2ccc6ccccc6c52)-c2c-4ccc4ccccc24)c2ccc4ccccc4c32)C1(C)C.[Ni+2]. The van der Waals surface area contributed by atoms with Crippen LogP contribution in [0.3, 0.4) is 0 Å². The molecule has 53 heavy (non-hydrogen) atoms. The van der Waals surface area contributed by atoms with Crippen molar-refractivity contribution in [1.82, 2.24) is 39.9 Å². The summed E-state index contributed by atoms with van der Waals surface area (Å²) in [5, 5.41) is 10.1. The van der Waals surface area contributed by atoms with Crippen LogP contribution in [0, 0.1) is 0 Å². The second-order valence-corrected chi connectivity index (χ2v) is 14.9. The van der Waals surface area contributed by atoms with Gasteiger partial charge >= 0.3 is 16.5 Å². The van der Waals surface area contributed by atoms with Crippen LogP contribution in [-0.4, -0.2) is 29.9 Å². The fourth-order valence-corrected chi connectivity index (χ4v) is 7.91. The van der Waals surface area contributed by atoms with E-state index in [-0.39, 0.29) is 16.5 Å². The van der Waals surface area contributed by atoms with E-state index < -0.39 is 10.8 Å². The Morgan fingerprint density at radius 3 is 1.45 bits per heavy atom. The van der Waals surface area contributed by atoms with Gasteiger partial charge in [-0.2, -0.15) is 0 Å². The summed E-state index contributed by atoms with van der Waals surface area (Å²) >= 11 is 0. The zero-order chi connectivity index (χ0) is 34.9. The first-order chi connectivity index (χ1) is 25.3. The van der Waals surface area contributed by atoms with Gasteiger partial charge in [-0.1, -0.05) is 137 Å². The first kappa shape index (κ1) is 31.7. The quantitative estimate of drug-likeness (QED) is 0.142. The summed E-state index contributed by atoms with van der Waals surface area (Å²) < 4.78 is 0. The molecule has 0 radical (unpaired) electrons. The van der Waals surface area contributed by atoms with E-state index in [1.807, 2.05) is 18.2 Å². The zero-order valence-electron chi connectivity index (χ0n) is 29.3. The number of hydrogen-bond donors (Lipinski definition) is 0. The number of nitrogens with zero attached hydrogens (tertiary/aromatic N) is 8. The van der Waals surface area contributed by atoms with Crippen LogP contribution in [0.5, 0.6) is 0 Å². The normalized spacial score (nSPS) is 14.6. The molecule has 8 bridgehead atoms. The predicted molar refractivity (Wildman–Crippen MR) is 208 cm³/mol. The molecule has 0 spiro atoms. The van der Waals surface area contributed by atoms with E-state index in [4.69, 9.17) is 39.9 Å². The van der Waals surface area contributed by atoms with Crippen LogP contribution < -0.4 is 9.97 Å². The van der Waals surface area contributed by atoms with Crippen molar-refractivity contribution in [3.8, 4) is 22.8 Å². The molecule has 8 nitrogen and oxygen atoms in total. The summed E-state index contributed by atoms with van der Waals surface area (Å²) in [5.41, 5.74) is 3.13. The molecule has 0 saturated heterocycles. The van der Waals surface area contributed by atoms with Crippen LogP contribution in [0.4, 0.5) is 0 Å². The summed E-state index contributed by atoms with van der Waals surface area (Å²) in [6.45, 7) is 8.71. The zero-order valence-corrected chi connectivity index (χ0v) is 30.3. The van der Waals surface area contributed by atoms with Gasteiger partial charge in [0, 0.05) is 55.3 Å². The second kappa shape index (κ2) is 11.0. The molecule has 0 atom stereocenters. The largest absolute Gasteiger partial charge is 2.00 e. The summed E-state index contributed by atoms with van der Waals surface area (Å²) in [6, 6.07) is 37.6. The molecule has 11 rings (SSSR count). The Morgan fingerprint density at radius 1 is 0.396 bits per heavy atom. The topological polar surface area (TPSA) is 106 Å². The van der Waals surface area contributed by atoms with E-state index in [1.165, 1.54) is 0 Å². The van der Waals surface area contributed by atoms with Gasteiger partial charge in [-0.05, 0) is 43.1 Å². The van der Waals surface area contributed by atoms with Crippen LogP contribution in [0.2, 0.25) is 0 Å². The van der Waals surface area contributed by atoms with Gasteiger partial charge in [0.25, 0.3) is 0 Å². The molecule has 9 heteroatoms. The monoisotopic (exact) mass is 728 g/mol. The number of benzene rings is 6. The Hall–Kier alpha value is -6.05. The third-order valence-electron chi connectivity index (χ3n) is 11.6. The Kier molecular flexibility index (Phi) is 6.56. The molecule has 0 fully saturated rings. The molecule has 3 aromatic heterocycles. The summed E-state index contributed by atoms with van der Waals surface area (Å²) in [7, 11) is 0. The van der Waals surface area contributed by atoms with Crippen molar-refractivity contribution >= 4 is 76.5 Å². The molecular weight excluding hydrogens is 699 g/mol. The minimum Gasteiger partial charge on any atom is -0.357 e. The van der Waals surface area contributed by atoms with Gasteiger partial charge in [0.05, 0.1) is 23.3 Å². The molecule has 256 valence electrons. The third kappa shape index (κ3) is 4.34. The van der Waals surface area contributed by atoms with Gasteiger partial charge in [0.15, 0.2) is 0 Å². The summed E-state index contributed by atoms with van der Waals surface area (Å²) in [5.74, 6) is 2.43. The summed E-state index contributed by atoms with van der Waals surface area (Å²) in [6.07, 6.45) is 0. The molecule has 0 saturated carbocycles. The molecular formula is C44H30N8Ni. The van der Waals surface area contributed by atoms with Crippen molar-refractivity contribution in [3.05, 3.63) is 121 Å². The van der Waals surface area contributed by atoms with Gasteiger partial charge in [0.1, 0.15) is 0 Å². The van der Waals surface area contributed by atoms with Gasteiger partial charge in [-0.3, -0.25) is 4.98 Å². The minimum atomic E-state index is -0.478. The maximum absolute atomic E-state index is 5.31. The maximum atomic E-state index is 5.31. The van der Waals surface area contributed by atoms with Gasteiger partial charge in [0.2, 0.25) is 0 Å². The number of hydrogen-bond acceptors (Lipinski definition) is 6. The third-order valence-corrected chi connectivity index (χ3v) is 11.6. The second-order valence-electron chi connectivity index (χ2n) is 14.9.